The molecular weight excluding hydrogens is 510 g/mol. The molecule has 8 nitrogen and oxygen atoms in total. The Hall–Kier alpha value is -1.33. The molecule has 8 aliphatic rings. The highest BCUT2D eigenvalue weighted by atomic mass is 32.2. The van der Waals surface area contributed by atoms with Crippen molar-refractivity contribution in [1.29, 1.82) is 0 Å². The van der Waals surface area contributed by atoms with Gasteiger partial charge in [0.2, 0.25) is 0 Å². The number of ether oxygens (including phenoxy) is 3. The number of hydrogen-bond donors (Lipinski definition) is 1. The van der Waals surface area contributed by atoms with Crippen molar-refractivity contribution in [1.82, 2.24) is 0 Å². The smallest absolute Gasteiger partial charge is 0.453 e. The molecule has 0 spiro atoms. The van der Waals surface area contributed by atoms with Crippen LogP contribution in [0.1, 0.15) is 71.1 Å². The van der Waals surface area contributed by atoms with Crippen molar-refractivity contribution in [3.05, 3.63) is 0 Å². The highest BCUT2D eigenvalue weighted by Crippen LogP contribution is 2.65. The number of rotatable bonds is 8. The SMILES string of the molecule is CC1(OC(=O)C(F)(F)S(=O)(=O)O)C2CC3CC1CC(C(=O)OCOCC1C4CC5CC(C4)CC1C5)(C3)C2. The summed E-state index contributed by atoms with van der Waals surface area (Å²) in [5.74, 6) is 0.535. The fraction of sp³-hybridized carbons (Fsp3) is 0.923. The van der Waals surface area contributed by atoms with Gasteiger partial charge in [-0.1, -0.05) is 0 Å². The van der Waals surface area contributed by atoms with Crippen molar-refractivity contribution in [3.8, 4) is 0 Å². The molecule has 0 aromatic heterocycles. The van der Waals surface area contributed by atoms with Crippen LogP contribution >= 0.6 is 0 Å². The molecule has 37 heavy (non-hydrogen) atoms. The maximum Gasteiger partial charge on any atom is 0.465 e. The van der Waals surface area contributed by atoms with Crippen LogP contribution in [0.25, 0.3) is 0 Å². The van der Waals surface area contributed by atoms with Crippen LogP contribution in [0.5, 0.6) is 0 Å². The van der Waals surface area contributed by atoms with Crippen molar-refractivity contribution in [3.63, 3.8) is 0 Å². The van der Waals surface area contributed by atoms with Gasteiger partial charge in [0.25, 0.3) is 0 Å². The topological polar surface area (TPSA) is 116 Å². The minimum atomic E-state index is -5.95. The first kappa shape index (κ1) is 25.9. The Balaban J connectivity index is 1.06. The van der Waals surface area contributed by atoms with Crippen molar-refractivity contribution >= 4 is 22.1 Å². The Morgan fingerprint density at radius 1 is 0.919 bits per heavy atom. The summed E-state index contributed by atoms with van der Waals surface area (Å²) in [6.07, 6.45) is 9.04. The van der Waals surface area contributed by atoms with E-state index in [-0.39, 0.29) is 30.5 Å². The number of hydrogen-bond acceptors (Lipinski definition) is 7. The molecule has 8 bridgehead atoms. The molecule has 208 valence electrons. The summed E-state index contributed by atoms with van der Waals surface area (Å²) in [5, 5.41) is -5.05. The average molecular weight is 547 g/mol. The first-order valence-corrected chi connectivity index (χ1v) is 15.1. The van der Waals surface area contributed by atoms with Crippen LogP contribution in [0.4, 0.5) is 8.78 Å². The Morgan fingerprint density at radius 3 is 2.03 bits per heavy atom. The Morgan fingerprint density at radius 2 is 1.49 bits per heavy atom. The summed E-state index contributed by atoms with van der Waals surface area (Å²) >= 11 is 0. The van der Waals surface area contributed by atoms with Crippen LogP contribution in [0.15, 0.2) is 0 Å². The van der Waals surface area contributed by atoms with Gasteiger partial charge < -0.3 is 14.2 Å². The highest BCUT2D eigenvalue weighted by Gasteiger charge is 2.67. The third-order valence-corrected chi connectivity index (χ3v) is 11.9. The molecule has 0 saturated heterocycles. The standard InChI is InChI=1S/C26H36F2O8S/c1-24(36-23(30)26(27,28)37(31,32)33)19-7-16-8-20(24)11-25(9-16,10-19)22(29)35-13-34-12-21-17-3-14-2-15(5-17)6-18(21)4-14/h14-21H,2-13H2,1H3,(H,31,32,33). The summed E-state index contributed by atoms with van der Waals surface area (Å²) in [5.41, 5.74) is -2.12. The predicted molar refractivity (Wildman–Crippen MR) is 124 cm³/mol. The third kappa shape index (κ3) is 4.13. The van der Waals surface area contributed by atoms with Gasteiger partial charge in [0.1, 0.15) is 5.60 Å². The minimum Gasteiger partial charge on any atom is -0.453 e. The van der Waals surface area contributed by atoms with Crippen LogP contribution in [0.3, 0.4) is 0 Å². The Kier molecular flexibility index (Phi) is 6.01. The summed E-state index contributed by atoms with van der Waals surface area (Å²) in [4.78, 5) is 25.4. The summed E-state index contributed by atoms with van der Waals surface area (Å²) in [6.45, 7) is 2.04. The zero-order valence-corrected chi connectivity index (χ0v) is 21.9. The number of esters is 2. The normalized spacial score (nSPS) is 45.7. The van der Waals surface area contributed by atoms with E-state index in [4.69, 9.17) is 18.8 Å². The Labute approximate surface area is 215 Å². The van der Waals surface area contributed by atoms with Gasteiger partial charge in [0.05, 0.1) is 12.0 Å². The molecule has 0 heterocycles. The molecule has 8 aliphatic carbocycles. The van der Waals surface area contributed by atoms with E-state index in [1.807, 2.05) is 0 Å². The fourth-order valence-corrected chi connectivity index (χ4v) is 9.96. The van der Waals surface area contributed by atoms with Crippen molar-refractivity contribution < 1.29 is 45.6 Å². The molecule has 2 atom stereocenters. The highest BCUT2D eigenvalue weighted by molar-refractivity contribution is 7.87. The lowest BCUT2D eigenvalue weighted by molar-refractivity contribution is -0.235. The molecule has 0 aromatic carbocycles. The second kappa shape index (κ2) is 8.58. The first-order valence-electron chi connectivity index (χ1n) is 13.6. The zero-order chi connectivity index (χ0) is 26.4. The van der Waals surface area contributed by atoms with E-state index in [1.54, 1.807) is 0 Å². The summed E-state index contributed by atoms with van der Waals surface area (Å²) < 4.78 is 75.3. The van der Waals surface area contributed by atoms with Gasteiger partial charge in [-0.2, -0.15) is 17.2 Å². The van der Waals surface area contributed by atoms with Gasteiger partial charge in [-0.25, -0.2) is 4.79 Å². The van der Waals surface area contributed by atoms with Gasteiger partial charge in [0.15, 0.2) is 6.79 Å². The predicted octanol–water partition coefficient (Wildman–Crippen LogP) is 4.18. The molecule has 8 fully saturated rings. The molecule has 11 heteroatoms. The van der Waals surface area contributed by atoms with Crippen molar-refractivity contribution in [2.45, 2.75) is 82.0 Å². The summed E-state index contributed by atoms with van der Waals surface area (Å²) in [7, 11) is -5.95. The first-order chi connectivity index (χ1) is 17.3. The molecule has 8 saturated carbocycles. The van der Waals surface area contributed by atoms with Crippen LogP contribution < -0.4 is 0 Å². The van der Waals surface area contributed by atoms with E-state index < -0.39 is 32.4 Å². The van der Waals surface area contributed by atoms with E-state index in [1.165, 1.54) is 39.0 Å². The van der Waals surface area contributed by atoms with Gasteiger partial charge in [-0.15, -0.1) is 0 Å². The molecule has 2 unspecified atom stereocenters. The lowest BCUT2D eigenvalue weighted by Gasteiger charge is -2.62. The molecule has 0 aromatic rings. The van der Waals surface area contributed by atoms with E-state index in [9.17, 15) is 26.8 Å². The molecule has 0 amide bonds. The number of carbonyl (C=O) groups is 2. The second-order valence-electron chi connectivity index (χ2n) is 13.2. The Bertz CT molecular complexity index is 1030. The second-order valence-corrected chi connectivity index (χ2v) is 14.7. The van der Waals surface area contributed by atoms with Crippen LogP contribution in [0.2, 0.25) is 0 Å². The van der Waals surface area contributed by atoms with Gasteiger partial charge in [-0.3, -0.25) is 9.35 Å². The van der Waals surface area contributed by atoms with Crippen LogP contribution in [-0.4, -0.2) is 49.2 Å². The van der Waals surface area contributed by atoms with Gasteiger partial charge in [0, 0.05) is 11.8 Å². The largest absolute Gasteiger partial charge is 0.465 e. The van der Waals surface area contributed by atoms with Crippen molar-refractivity contribution in [2.75, 3.05) is 13.4 Å². The van der Waals surface area contributed by atoms with Gasteiger partial charge in [-0.05, 0) is 107 Å². The maximum absolute atomic E-state index is 13.9. The quantitative estimate of drug-likeness (QED) is 0.209. The van der Waals surface area contributed by atoms with Crippen LogP contribution in [-0.2, 0) is 33.9 Å². The number of alkyl halides is 2. The van der Waals surface area contributed by atoms with Crippen molar-refractivity contribution in [2.24, 2.45) is 52.8 Å². The van der Waals surface area contributed by atoms with E-state index in [2.05, 4.69) is 0 Å². The molecule has 0 aliphatic heterocycles. The van der Waals surface area contributed by atoms with E-state index in [0.717, 1.165) is 23.7 Å². The molecular formula is C26H36F2O8S. The van der Waals surface area contributed by atoms with E-state index >= 15 is 0 Å². The molecule has 1 N–H and O–H groups in total. The van der Waals surface area contributed by atoms with Crippen LogP contribution in [0, 0.1) is 52.8 Å². The zero-order valence-electron chi connectivity index (χ0n) is 21.1. The fourth-order valence-electron chi connectivity index (χ4n) is 9.71. The third-order valence-electron chi connectivity index (χ3n) is 11.1. The summed E-state index contributed by atoms with van der Waals surface area (Å²) in [6, 6.07) is 0. The maximum atomic E-state index is 13.9. The lowest BCUT2D eigenvalue weighted by Crippen LogP contribution is -2.64. The molecule has 0 radical (unpaired) electrons. The average Bonchev–Trinajstić information content (AvgIpc) is 2.80. The lowest BCUT2D eigenvalue weighted by atomic mass is 9.45. The number of halogens is 2. The number of carbonyl (C=O) groups excluding carboxylic acids is 2. The molecule has 8 rings (SSSR count). The van der Waals surface area contributed by atoms with E-state index in [0.29, 0.717) is 44.6 Å². The monoisotopic (exact) mass is 546 g/mol. The van der Waals surface area contributed by atoms with Gasteiger partial charge >= 0.3 is 27.3 Å². The minimum absolute atomic E-state index is 0.101.